The number of aromatic nitrogens is 3. The van der Waals surface area contributed by atoms with E-state index in [1.807, 2.05) is 13.8 Å². The van der Waals surface area contributed by atoms with E-state index in [4.69, 9.17) is 14.2 Å². The molecule has 194 valence electrons. The Morgan fingerprint density at radius 2 is 1.81 bits per heavy atom. The zero-order valence-corrected chi connectivity index (χ0v) is 21.2. The van der Waals surface area contributed by atoms with Gasteiger partial charge in [0.15, 0.2) is 5.75 Å². The van der Waals surface area contributed by atoms with Crippen molar-refractivity contribution in [3.63, 3.8) is 0 Å². The molecule has 6 rings (SSSR count). The van der Waals surface area contributed by atoms with Crippen LogP contribution in [0.4, 0.5) is 15.1 Å². The average molecular weight is 508 g/mol. The van der Waals surface area contributed by atoms with E-state index in [0.717, 1.165) is 32.1 Å². The molecule has 1 aliphatic heterocycles. The number of aryl methyl sites for hydroxylation is 1. The Morgan fingerprint density at radius 3 is 2.59 bits per heavy atom. The molecule has 37 heavy (non-hydrogen) atoms. The van der Waals surface area contributed by atoms with Crippen LogP contribution < -0.4 is 20.1 Å². The number of rotatable bonds is 5. The van der Waals surface area contributed by atoms with Crippen LogP contribution in [0.1, 0.15) is 51.6 Å². The Bertz CT molecular complexity index is 1390. The number of hydrogen-bond acceptors (Lipinski definition) is 8. The molecule has 3 heterocycles. The molecule has 0 spiro atoms. The van der Waals surface area contributed by atoms with Crippen LogP contribution in [0, 0.1) is 12.7 Å². The molecule has 2 aliphatic carbocycles. The normalized spacial score (nSPS) is 23.9. The maximum atomic E-state index is 15.9. The summed E-state index contributed by atoms with van der Waals surface area (Å²) in [6.45, 7) is 6.26. The third kappa shape index (κ3) is 4.18. The van der Waals surface area contributed by atoms with Gasteiger partial charge >= 0.3 is 6.09 Å². The molecule has 9 nitrogen and oxygen atoms in total. The minimum atomic E-state index is -0.407. The van der Waals surface area contributed by atoms with Crippen LogP contribution in [0.15, 0.2) is 24.4 Å². The first-order valence-electron chi connectivity index (χ1n) is 12.8. The summed E-state index contributed by atoms with van der Waals surface area (Å²) >= 11 is 0. The van der Waals surface area contributed by atoms with Crippen LogP contribution in [-0.4, -0.2) is 51.4 Å². The third-order valence-corrected chi connectivity index (χ3v) is 7.64. The van der Waals surface area contributed by atoms with Crippen LogP contribution in [0.5, 0.6) is 11.6 Å². The first-order chi connectivity index (χ1) is 17.8. The molecule has 0 saturated heterocycles. The molecule has 3 aliphatic rings. The van der Waals surface area contributed by atoms with Gasteiger partial charge in [-0.1, -0.05) is 0 Å². The largest absolute Gasteiger partial charge is 0.484 e. The summed E-state index contributed by atoms with van der Waals surface area (Å²) < 4.78 is 32.5. The van der Waals surface area contributed by atoms with Gasteiger partial charge in [0.05, 0.1) is 22.7 Å². The zero-order valence-electron chi connectivity index (χ0n) is 21.2. The third-order valence-electron chi connectivity index (χ3n) is 7.64. The summed E-state index contributed by atoms with van der Waals surface area (Å²) in [6.07, 6.45) is 5.32. The number of pyridine rings is 1. The number of fused-ring (bicyclic) bond motifs is 4. The SMILES string of the molecule is Cc1nc(NC23CCC(NC(=O)OC(C)C)(CC2)C3)nc2ccc(-c3ccnc4c3OCCO4)c(F)c12. The number of hydrogen-bond donors (Lipinski definition) is 2. The quantitative estimate of drug-likeness (QED) is 0.502. The molecule has 0 unspecified atom stereocenters. The highest BCUT2D eigenvalue weighted by atomic mass is 19.1. The molecular formula is C27H30FN5O4. The lowest BCUT2D eigenvalue weighted by Gasteiger charge is -2.29. The average Bonchev–Trinajstić information content (AvgIpc) is 3.38. The molecule has 2 saturated carbocycles. The number of carbonyl (C=O) groups is 1. The predicted molar refractivity (Wildman–Crippen MR) is 135 cm³/mol. The first kappa shape index (κ1) is 23.7. The molecular weight excluding hydrogens is 477 g/mol. The van der Waals surface area contributed by atoms with Gasteiger partial charge in [0.25, 0.3) is 5.88 Å². The Morgan fingerprint density at radius 1 is 1.05 bits per heavy atom. The van der Waals surface area contributed by atoms with Crippen molar-refractivity contribution in [2.24, 2.45) is 0 Å². The Hall–Kier alpha value is -3.69. The summed E-state index contributed by atoms with van der Waals surface area (Å²) in [5.74, 6) is 0.875. The zero-order chi connectivity index (χ0) is 25.8. The van der Waals surface area contributed by atoms with Crippen LogP contribution in [0.3, 0.4) is 0 Å². The standard InChI is InChI=1S/C27H30FN5O4/c1-15(2)37-25(34)33-27-9-7-26(14-27,8-10-27)32-24-30-16(3)20-19(31-24)5-4-17(21(20)28)18-6-11-29-23-22(18)35-12-13-36-23/h4-6,11,15H,7-10,12-14H2,1-3H3,(H,33,34)(H,30,31,32). The van der Waals surface area contributed by atoms with Crippen molar-refractivity contribution in [3.05, 3.63) is 35.9 Å². The van der Waals surface area contributed by atoms with Crippen LogP contribution in [-0.2, 0) is 4.74 Å². The van der Waals surface area contributed by atoms with E-state index >= 15 is 4.39 Å². The summed E-state index contributed by atoms with van der Waals surface area (Å²) in [6, 6.07) is 5.24. The second-order valence-corrected chi connectivity index (χ2v) is 10.6. The Balaban J connectivity index is 1.27. The number of nitrogens with one attached hydrogen (secondary N) is 2. The number of amides is 1. The molecule has 0 radical (unpaired) electrons. The van der Waals surface area contributed by atoms with Gasteiger partial charge in [0, 0.05) is 28.4 Å². The molecule has 2 aromatic heterocycles. The van der Waals surface area contributed by atoms with Gasteiger partial charge in [-0.05, 0) is 71.1 Å². The van der Waals surface area contributed by atoms with Crippen molar-refractivity contribution in [1.82, 2.24) is 20.3 Å². The summed E-state index contributed by atoms with van der Waals surface area (Å²) in [7, 11) is 0. The fourth-order valence-corrected chi connectivity index (χ4v) is 6.03. The van der Waals surface area contributed by atoms with Gasteiger partial charge in [-0.25, -0.2) is 24.1 Å². The fourth-order valence-electron chi connectivity index (χ4n) is 6.03. The van der Waals surface area contributed by atoms with E-state index in [1.54, 1.807) is 31.3 Å². The minimum Gasteiger partial charge on any atom is -0.484 e. The number of nitrogens with zero attached hydrogens (tertiary/aromatic N) is 3. The topological polar surface area (TPSA) is 107 Å². The second kappa shape index (κ2) is 8.71. The van der Waals surface area contributed by atoms with Crippen LogP contribution in [0.25, 0.3) is 22.0 Å². The van der Waals surface area contributed by atoms with E-state index in [1.165, 1.54) is 0 Å². The number of anilines is 1. The van der Waals surface area contributed by atoms with Crippen molar-refractivity contribution < 1.29 is 23.4 Å². The summed E-state index contributed by atoms with van der Waals surface area (Å²) in [5.41, 5.74) is 1.55. The summed E-state index contributed by atoms with van der Waals surface area (Å²) in [4.78, 5) is 25.8. The first-order valence-corrected chi connectivity index (χ1v) is 12.8. The molecule has 2 N–H and O–H groups in total. The van der Waals surface area contributed by atoms with E-state index in [-0.39, 0.29) is 23.3 Å². The van der Waals surface area contributed by atoms with Gasteiger partial charge in [-0.2, -0.15) is 0 Å². The number of alkyl carbamates (subject to hydrolysis) is 1. The molecule has 3 aromatic rings. The maximum absolute atomic E-state index is 15.9. The summed E-state index contributed by atoms with van der Waals surface area (Å²) in [5, 5.41) is 7.01. The minimum absolute atomic E-state index is 0.165. The van der Waals surface area contributed by atoms with Crippen molar-refractivity contribution in [1.29, 1.82) is 0 Å². The van der Waals surface area contributed by atoms with Crippen molar-refractivity contribution >= 4 is 22.9 Å². The van der Waals surface area contributed by atoms with Gasteiger partial charge in [-0.3, -0.25) is 0 Å². The Labute approximate surface area is 214 Å². The predicted octanol–water partition coefficient (Wildman–Crippen LogP) is 4.91. The lowest BCUT2D eigenvalue weighted by molar-refractivity contribution is 0.104. The molecule has 0 atom stereocenters. The molecule has 10 heteroatoms. The van der Waals surface area contributed by atoms with E-state index < -0.39 is 5.82 Å². The lowest BCUT2D eigenvalue weighted by Crippen LogP contribution is -2.45. The van der Waals surface area contributed by atoms with Crippen molar-refractivity contribution in [2.75, 3.05) is 18.5 Å². The van der Waals surface area contributed by atoms with Gasteiger partial charge in [0.2, 0.25) is 5.95 Å². The molecule has 2 fully saturated rings. The van der Waals surface area contributed by atoms with Gasteiger partial charge < -0.3 is 24.8 Å². The lowest BCUT2D eigenvalue weighted by atomic mass is 9.91. The number of ether oxygens (including phenoxy) is 3. The van der Waals surface area contributed by atoms with Crippen molar-refractivity contribution in [3.8, 4) is 22.8 Å². The van der Waals surface area contributed by atoms with E-state index in [0.29, 0.717) is 58.5 Å². The molecule has 2 bridgehead atoms. The van der Waals surface area contributed by atoms with E-state index in [2.05, 4.69) is 25.6 Å². The Kier molecular flexibility index (Phi) is 5.58. The number of benzene rings is 1. The number of halogens is 1. The fraction of sp³-hybridized carbons (Fsp3) is 0.481. The monoisotopic (exact) mass is 507 g/mol. The van der Waals surface area contributed by atoms with E-state index in [9.17, 15) is 4.79 Å². The highest BCUT2D eigenvalue weighted by molar-refractivity contribution is 5.89. The smallest absolute Gasteiger partial charge is 0.407 e. The highest BCUT2D eigenvalue weighted by Crippen LogP contribution is 2.52. The van der Waals surface area contributed by atoms with Crippen LogP contribution >= 0.6 is 0 Å². The van der Waals surface area contributed by atoms with Gasteiger partial charge in [0.1, 0.15) is 19.0 Å². The second-order valence-electron chi connectivity index (χ2n) is 10.6. The maximum Gasteiger partial charge on any atom is 0.407 e. The van der Waals surface area contributed by atoms with Gasteiger partial charge in [-0.15, -0.1) is 0 Å². The highest BCUT2D eigenvalue weighted by Gasteiger charge is 2.55. The van der Waals surface area contributed by atoms with Crippen molar-refractivity contribution in [2.45, 2.75) is 70.1 Å². The molecule has 1 amide bonds. The van der Waals surface area contributed by atoms with Crippen LogP contribution in [0.2, 0.25) is 0 Å². The molecule has 1 aromatic carbocycles. The number of carbonyl (C=O) groups excluding carboxylic acids is 1.